The third kappa shape index (κ3) is 16.0. The maximum absolute atomic E-state index is 13.9. The summed E-state index contributed by atoms with van der Waals surface area (Å²) in [7, 11) is 3.19. The van der Waals surface area contributed by atoms with Gasteiger partial charge in [0, 0.05) is 38.5 Å². The molecule has 414 valence electrons. The second kappa shape index (κ2) is 28.4. The zero-order chi connectivity index (χ0) is 53.7. The topological polar surface area (TPSA) is 219 Å². The molecule has 1 amide bonds. The molecule has 0 spiro atoms. The molecule has 1 saturated carbocycles. The zero-order valence-electron chi connectivity index (χ0n) is 45.9. The molecule has 73 heavy (non-hydrogen) atoms. The minimum atomic E-state index is -2.35. The number of methoxy groups -OCH3 is 2. The molecular weight excluding hydrogens is 929 g/mol. The highest BCUT2D eigenvalue weighted by atomic mass is 16.6. The number of likely N-dealkylation sites (tertiary alicyclic amines) is 1. The number of piperidine rings is 1. The maximum Gasteiger partial charge on any atom is 0.296 e. The number of aliphatic hydroxyl groups is 7. The number of carbonyl (C=O) groups excluding carboxylic acids is 2. The third-order valence-electron chi connectivity index (χ3n) is 17.5. The van der Waals surface area contributed by atoms with Crippen LogP contribution in [0, 0.1) is 53.3 Å². The van der Waals surface area contributed by atoms with Crippen molar-refractivity contribution in [3.8, 4) is 0 Å². The largest absolute Gasteiger partial charge is 0.393 e. The van der Waals surface area contributed by atoms with Crippen molar-refractivity contribution < 1.29 is 59.5 Å². The van der Waals surface area contributed by atoms with Crippen LogP contribution in [0.3, 0.4) is 0 Å². The van der Waals surface area contributed by atoms with Gasteiger partial charge in [-0.25, -0.2) is 0 Å². The Bertz CT molecular complexity index is 1950. The van der Waals surface area contributed by atoms with Gasteiger partial charge >= 0.3 is 0 Å². The Morgan fingerprint density at radius 2 is 1.62 bits per heavy atom. The van der Waals surface area contributed by atoms with Crippen molar-refractivity contribution in [3.63, 3.8) is 0 Å². The van der Waals surface area contributed by atoms with Crippen LogP contribution in [0.5, 0.6) is 0 Å². The van der Waals surface area contributed by atoms with E-state index in [1.54, 1.807) is 14.0 Å². The van der Waals surface area contributed by atoms with Gasteiger partial charge in [-0.3, -0.25) is 9.59 Å². The van der Waals surface area contributed by atoms with Gasteiger partial charge < -0.3 is 60.2 Å². The first-order valence-corrected chi connectivity index (χ1v) is 27.8. The number of hydrogen-bond donors (Lipinski definition) is 8. The van der Waals surface area contributed by atoms with Crippen molar-refractivity contribution in [1.82, 2.24) is 10.2 Å². The van der Waals surface area contributed by atoms with Crippen LogP contribution in [0.25, 0.3) is 0 Å². The Labute approximate surface area is 437 Å². The number of fused-ring (bicyclic) bond motifs is 1. The molecule has 4 unspecified atom stereocenters. The zero-order valence-corrected chi connectivity index (χ0v) is 45.9. The number of nitrogens with one attached hydrogen (secondary N) is 1. The molecule has 0 bridgehead atoms. The summed E-state index contributed by atoms with van der Waals surface area (Å²) in [5, 5.41) is 79.8. The van der Waals surface area contributed by atoms with Crippen molar-refractivity contribution in [2.24, 2.45) is 53.3 Å². The highest BCUT2D eigenvalue weighted by molar-refractivity contribution is 6.38. The fraction of sp³-hybridized carbons (Fsp3) is 0.763. The van der Waals surface area contributed by atoms with Crippen molar-refractivity contribution in [1.29, 1.82) is 0 Å². The van der Waals surface area contributed by atoms with Crippen LogP contribution in [-0.4, -0.2) is 140 Å². The first-order chi connectivity index (χ1) is 34.6. The lowest BCUT2D eigenvalue weighted by Gasteiger charge is -2.43. The maximum atomic E-state index is 13.9. The molecule has 2 aliphatic carbocycles. The Morgan fingerprint density at radius 3 is 2.30 bits per heavy atom. The summed E-state index contributed by atoms with van der Waals surface area (Å²) in [5.41, 5.74) is 3.46. The lowest BCUT2D eigenvalue weighted by atomic mass is 9.75. The number of Topliss-reactive ketones (excluding diaryl/α,β-unsaturated/α-hetero) is 1. The van der Waals surface area contributed by atoms with Crippen LogP contribution in [0.4, 0.5) is 0 Å². The Balaban J connectivity index is 1.15. The molecule has 14 nitrogen and oxygen atoms in total. The Morgan fingerprint density at radius 1 is 0.904 bits per heavy atom. The van der Waals surface area contributed by atoms with Crippen molar-refractivity contribution in [2.45, 2.75) is 212 Å². The van der Waals surface area contributed by atoms with E-state index in [4.69, 9.17) is 14.2 Å². The molecule has 3 aliphatic heterocycles. The summed E-state index contributed by atoms with van der Waals surface area (Å²) < 4.78 is 17.6. The monoisotopic (exact) mass is 1020 g/mol. The van der Waals surface area contributed by atoms with Gasteiger partial charge in [-0.15, -0.1) is 0 Å². The normalized spacial score (nSPS) is 32.2. The van der Waals surface area contributed by atoms with E-state index >= 15 is 0 Å². The summed E-state index contributed by atoms with van der Waals surface area (Å²) in [6, 6.07) is -0.798. The van der Waals surface area contributed by atoms with Crippen molar-refractivity contribution in [3.05, 3.63) is 71.5 Å². The van der Waals surface area contributed by atoms with Gasteiger partial charge in [0.15, 0.2) is 6.29 Å². The van der Waals surface area contributed by atoms with Gasteiger partial charge in [0.25, 0.3) is 11.7 Å². The minimum Gasteiger partial charge on any atom is -0.393 e. The number of carbonyl (C=O) groups is 2. The summed E-state index contributed by atoms with van der Waals surface area (Å²) in [6.45, 7) is 16.4. The van der Waals surface area contributed by atoms with Gasteiger partial charge in [-0.05, 0) is 151 Å². The van der Waals surface area contributed by atoms with E-state index in [2.05, 4.69) is 69.6 Å². The van der Waals surface area contributed by atoms with Crippen LogP contribution in [0.15, 0.2) is 71.5 Å². The highest BCUT2D eigenvalue weighted by Gasteiger charge is 2.53. The SMILES string of the molecule is CO[C@@H]([C@@H](O)[C@H](C)C[C@H](C)/C=C/C=C/C=C(\C)[C@H](C[C@@H]1CC[C@@H](C)[C@](O)(C(=O)C(=O)N2CCCCC2C(O)O)O1)C1=CNC2C(C)=CC=CC12)[C@H](O)C(C)C[C@@H](C)[C@@H](O)CC[C@H](C)C[C@@H]1CC[C@@H](O)[C@H](OC)C1. The van der Waals surface area contributed by atoms with E-state index in [1.165, 1.54) is 23.2 Å². The average molecular weight is 1030 g/mol. The molecule has 0 radical (unpaired) electrons. The highest BCUT2D eigenvalue weighted by Crippen LogP contribution is 2.43. The number of amides is 1. The Hall–Kier alpha value is -3.02. The molecule has 0 aromatic rings. The van der Waals surface area contributed by atoms with Gasteiger partial charge in [-0.1, -0.05) is 101 Å². The second-order valence-electron chi connectivity index (χ2n) is 23.4. The molecule has 0 aromatic carbocycles. The number of rotatable bonds is 26. The summed E-state index contributed by atoms with van der Waals surface area (Å²) in [6.07, 6.45) is 22.5. The predicted octanol–water partition coefficient (Wildman–Crippen LogP) is 7.21. The van der Waals surface area contributed by atoms with Crippen LogP contribution in [0.1, 0.15) is 145 Å². The number of nitrogens with zero attached hydrogens (tertiary/aromatic N) is 1. The first-order valence-electron chi connectivity index (χ1n) is 27.8. The molecule has 0 aromatic heterocycles. The number of ketones is 1. The fourth-order valence-corrected chi connectivity index (χ4v) is 12.7. The first kappa shape index (κ1) is 60.8. The number of hydrogen-bond acceptors (Lipinski definition) is 13. The summed E-state index contributed by atoms with van der Waals surface area (Å²) >= 11 is 0. The molecule has 3 fully saturated rings. The molecule has 14 heteroatoms. The summed E-state index contributed by atoms with van der Waals surface area (Å²) in [5.74, 6) is -4.38. The van der Waals surface area contributed by atoms with Crippen LogP contribution < -0.4 is 5.32 Å². The lowest BCUT2D eigenvalue weighted by Crippen LogP contribution is -2.61. The van der Waals surface area contributed by atoms with E-state index in [9.17, 15) is 45.3 Å². The van der Waals surface area contributed by atoms with E-state index in [0.717, 1.165) is 37.7 Å². The molecule has 8 N–H and O–H groups in total. The van der Waals surface area contributed by atoms with E-state index in [1.807, 2.05) is 39.0 Å². The minimum absolute atomic E-state index is 0.0369. The number of aliphatic hydroxyl groups excluding tert-OH is 5. The van der Waals surface area contributed by atoms with Crippen molar-refractivity contribution >= 4 is 11.7 Å². The van der Waals surface area contributed by atoms with Crippen LogP contribution in [-0.2, 0) is 23.8 Å². The lowest BCUT2D eigenvalue weighted by molar-refractivity contribution is -0.264. The second-order valence-corrected chi connectivity index (χ2v) is 23.4. The summed E-state index contributed by atoms with van der Waals surface area (Å²) in [4.78, 5) is 28.7. The average Bonchev–Trinajstić information content (AvgIpc) is 3.80. The van der Waals surface area contributed by atoms with E-state index < -0.39 is 66.2 Å². The molecule has 19 atom stereocenters. The fourth-order valence-electron chi connectivity index (χ4n) is 12.7. The predicted molar refractivity (Wildman–Crippen MR) is 284 cm³/mol. The molecule has 3 heterocycles. The van der Waals surface area contributed by atoms with Gasteiger partial charge in [0.2, 0.25) is 5.79 Å². The molecular formula is C59H96N2O12. The molecule has 2 saturated heterocycles. The quantitative estimate of drug-likeness (QED) is 0.0244. The van der Waals surface area contributed by atoms with Crippen molar-refractivity contribution in [2.75, 3.05) is 20.8 Å². The van der Waals surface area contributed by atoms with Gasteiger partial charge in [0.1, 0.15) is 6.10 Å². The van der Waals surface area contributed by atoms with E-state index in [-0.39, 0.29) is 60.3 Å². The molecule has 5 aliphatic rings. The van der Waals surface area contributed by atoms with Crippen LogP contribution >= 0.6 is 0 Å². The van der Waals surface area contributed by atoms with Crippen LogP contribution in [0.2, 0.25) is 0 Å². The van der Waals surface area contributed by atoms with Gasteiger partial charge in [-0.2, -0.15) is 0 Å². The standard InChI is InChI=1S/C59H96N2O12/c1-35(29-40(6)53(64)55(72-10)54(65)41(7)31-39(5)49(62)26-22-36(2)30-43-24-27-50(63)51(32-43)71-9)17-12-11-13-18-37(3)46(47-34-60-52-38(4)19-16-20-45(47)52)33-44-25-23-42(8)59(70,73-44)56(66)57(67)61-28-15-14-21-48(61)58(68)69/h11-13,16-20,34-36,39-46,48-55,58,60,62-65,68-70H,14-15,21-33H2,1-10H3/b13-11+,17-12+,37-18+/t35-,36+,39-,40-,41?,42-,43+,44+,45?,46+,48?,49+,50-,51-,52?,53+,54-,55+,59-/m1/s1. The molecule has 5 rings (SSSR count). The van der Waals surface area contributed by atoms with Gasteiger partial charge in [0.05, 0.1) is 48.7 Å². The smallest absolute Gasteiger partial charge is 0.296 e. The van der Waals surface area contributed by atoms with E-state index in [0.29, 0.717) is 69.6 Å². The number of ether oxygens (including phenoxy) is 3. The number of allylic oxidation sites excluding steroid dienone is 8. The third-order valence-corrected chi connectivity index (χ3v) is 17.5. The Kier molecular flexibility index (Phi) is 23.7.